The average molecular weight is 396 g/mol. The van der Waals surface area contributed by atoms with E-state index in [4.69, 9.17) is 0 Å². The Morgan fingerprint density at radius 2 is 1.88 bits per heavy atom. The van der Waals surface area contributed by atoms with Gasteiger partial charge in [0.05, 0.1) is 18.0 Å². The van der Waals surface area contributed by atoms with Gasteiger partial charge in [-0.05, 0) is 32.0 Å². The number of sulfonamides is 1. The third kappa shape index (κ3) is 6.08. The largest absolute Gasteiger partial charge is 0.352 e. The van der Waals surface area contributed by atoms with Crippen molar-refractivity contribution in [3.05, 3.63) is 51.0 Å². The summed E-state index contributed by atoms with van der Waals surface area (Å²) in [6, 6.07) is 7.49. The van der Waals surface area contributed by atoms with Crippen LogP contribution in [0.15, 0.2) is 29.3 Å². The normalized spacial score (nSPS) is 12.2. The number of aliphatic imine (C=N–C) groups is 1. The molecule has 0 saturated heterocycles. The first-order chi connectivity index (χ1) is 12.3. The lowest BCUT2D eigenvalue weighted by molar-refractivity contribution is 0.587. The van der Waals surface area contributed by atoms with Crippen LogP contribution < -0.4 is 15.4 Å². The summed E-state index contributed by atoms with van der Waals surface area (Å²) in [6.45, 7) is 5.22. The van der Waals surface area contributed by atoms with Gasteiger partial charge in [-0.1, -0.05) is 24.3 Å². The molecule has 7 nitrogen and oxygen atoms in total. The predicted molar refractivity (Wildman–Crippen MR) is 107 cm³/mol. The molecule has 0 radical (unpaired) electrons. The van der Waals surface area contributed by atoms with Crippen molar-refractivity contribution in [2.24, 2.45) is 4.99 Å². The minimum absolute atomic E-state index is 0.0347. The lowest BCUT2D eigenvalue weighted by Gasteiger charge is -2.12. The van der Waals surface area contributed by atoms with Gasteiger partial charge in [0.15, 0.2) is 5.96 Å². The number of thiazole rings is 1. The molecule has 2 aromatic rings. The molecule has 0 aliphatic carbocycles. The van der Waals surface area contributed by atoms with E-state index in [1.54, 1.807) is 24.5 Å². The molecule has 1 aromatic carbocycles. The maximum absolute atomic E-state index is 11.7. The standard InChI is InChI=1S/C17H25N5O2S2/c1-12-13(2)25-16(22-12)10-21-17(18-3)20-9-14-6-5-7-15(8-14)11-26(23,24)19-4/h5-8,19H,9-11H2,1-4H3,(H2,18,20,21). The summed E-state index contributed by atoms with van der Waals surface area (Å²) in [7, 11) is -0.148. The Balaban J connectivity index is 1.91. The third-order valence-electron chi connectivity index (χ3n) is 3.82. The zero-order valence-corrected chi connectivity index (χ0v) is 17.1. The highest BCUT2D eigenvalue weighted by Crippen LogP contribution is 2.15. The van der Waals surface area contributed by atoms with E-state index in [1.165, 1.54) is 11.9 Å². The first kappa shape index (κ1) is 20.3. The quantitative estimate of drug-likeness (QED) is 0.490. The number of guanidine groups is 1. The van der Waals surface area contributed by atoms with Crippen LogP contribution in [0, 0.1) is 13.8 Å². The van der Waals surface area contributed by atoms with Crippen LogP contribution in [-0.2, 0) is 28.9 Å². The molecule has 26 heavy (non-hydrogen) atoms. The molecule has 2 rings (SSSR count). The van der Waals surface area contributed by atoms with Crippen molar-refractivity contribution in [1.29, 1.82) is 0 Å². The van der Waals surface area contributed by atoms with E-state index in [9.17, 15) is 8.42 Å². The van der Waals surface area contributed by atoms with Gasteiger partial charge in [0.2, 0.25) is 10.0 Å². The fourth-order valence-electron chi connectivity index (χ4n) is 2.30. The number of nitrogens with one attached hydrogen (secondary N) is 3. The van der Waals surface area contributed by atoms with Crippen LogP contribution >= 0.6 is 11.3 Å². The molecular formula is C17H25N5O2S2. The summed E-state index contributed by atoms with van der Waals surface area (Å²) >= 11 is 1.67. The summed E-state index contributed by atoms with van der Waals surface area (Å²) in [5.41, 5.74) is 2.79. The molecule has 0 spiro atoms. The van der Waals surface area contributed by atoms with Crippen LogP contribution in [0.3, 0.4) is 0 Å². The van der Waals surface area contributed by atoms with Crippen LogP contribution in [0.2, 0.25) is 0 Å². The molecule has 0 atom stereocenters. The second-order valence-electron chi connectivity index (χ2n) is 5.81. The minimum atomic E-state index is -3.28. The van der Waals surface area contributed by atoms with Gasteiger partial charge in [-0.25, -0.2) is 18.1 Å². The molecular weight excluding hydrogens is 370 g/mol. The fraction of sp³-hybridized carbons (Fsp3) is 0.412. The topological polar surface area (TPSA) is 95.5 Å². The second-order valence-corrected chi connectivity index (χ2v) is 9.03. The summed E-state index contributed by atoms with van der Waals surface area (Å²) in [6.07, 6.45) is 0. The van der Waals surface area contributed by atoms with Gasteiger partial charge >= 0.3 is 0 Å². The van der Waals surface area contributed by atoms with Crippen molar-refractivity contribution in [2.45, 2.75) is 32.7 Å². The SMILES string of the molecule is CN=C(NCc1cccc(CS(=O)(=O)NC)c1)NCc1nc(C)c(C)s1. The Bertz CT molecular complexity index is 856. The van der Waals surface area contributed by atoms with Crippen LogP contribution in [-0.4, -0.2) is 33.5 Å². The third-order valence-corrected chi connectivity index (χ3v) is 6.23. The number of hydrogen-bond donors (Lipinski definition) is 3. The highest BCUT2D eigenvalue weighted by Gasteiger charge is 2.09. The van der Waals surface area contributed by atoms with Crippen molar-refractivity contribution in [2.75, 3.05) is 14.1 Å². The van der Waals surface area contributed by atoms with E-state index in [1.807, 2.05) is 25.1 Å². The maximum atomic E-state index is 11.7. The van der Waals surface area contributed by atoms with Crippen molar-refractivity contribution in [3.8, 4) is 0 Å². The summed E-state index contributed by atoms with van der Waals surface area (Å²) in [5.74, 6) is 0.635. The van der Waals surface area contributed by atoms with E-state index in [-0.39, 0.29) is 5.75 Å². The molecule has 0 amide bonds. The number of aryl methyl sites for hydroxylation is 2. The molecule has 142 valence electrons. The summed E-state index contributed by atoms with van der Waals surface area (Å²) in [5, 5.41) is 7.49. The number of benzene rings is 1. The molecule has 9 heteroatoms. The molecule has 0 aliphatic rings. The highest BCUT2D eigenvalue weighted by molar-refractivity contribution is 7.88. The second kappa shape index (κ2) is 9.11. The Labute approximate surface area is 159 Å². The van der Waals surface area contributed by atoms with Gasteiger partial charge < -0.3 is 10.6 Å². The van der Waals surface area contributed by atoms with Crippen LogP contribution in [0.1, 0.15) is 26.7 Å². The van der Waals surface area contributed by atoms with E-state index < -0.39 is 10.0 Å². The highest BCUT2D eigenvalue weighted by atomic mass is 32.2. The number of nitrogens with zero attached hydrogens (tertiary/aromatic N) is 2. The lowest BCUT2D eigenvalue weighted by Crippen LogP contribution is -2.36. The Kier molecular flexibility index (Phi) is 7.13. The van der Waals surface area contributed by atoms with E-state index in [0.29, 0.717) is 19.0 Å². The van der Waals surface area contributed by atoms with Crippen molar-refractivity contribution in [3.63, 3.8) is 0 Å². The van der Waals surface area contributed by atoms with Gasteiger partial charge in [-0.3, -0.25) is 4.99 Å². The maximum Gasteiger partial charge on any atom is 0.215 e. The molecule has 0 aliphatic heterocycles. The van der Waals surface area contributed by atoms with Gasteiger partial charge in [0.1, 0.15) is 5.01 Å². The van der Waals surface area contributed by atoms with Crippen molar-refractivity contribution >= 4 is 27.3 Å². The molecule has 0 bridgehead atoms. The van der Waals surface area contributed by atoms with Crippen molar-refractivity contribution < 1.29 is 8.42 Å². The van der Waals surface area contributed by atoms with E-state index in [0.717, 1.165) is 21.8 Å². The minimum Gasteiger partial charge on any atom is -0.352 e. The molecule has 0 saturated carbocycles. The fourth-order valence-corrected chi connectivity index (χ4v) is 3.94. The van der Waals surface area contributed by atoms with Crippen molar-refractivity contribution in [1.82, 2.24) is 20.3 Å². The van der Waals surface area contributed by atoms with Gasteiger partial charge in [0, 0.05) is 18.5 Å². The number of aromatic nitrogens is 1. The zero-order valence-electron chi connectivity index (χ0n) is 15.5. The smallest absolute Gasteiger partial charge is 0.215 e. The van der Waals surface area contributed by atoms with E-state index in [2.05, 4.69) is 32.3 Å². The molecule has 0 fully saturated rings. The summed E-state index contributed by atoms with van der Waals surface area (Å²) in [4.78, 5) is 9.93. The van der Waals surface area contributed by atoms with Crippen LogP contribution in [0.25, 0.3) is 0 Å². The van der Waals surface area contributed by atoms with Crippen LogP contribution in [0.4, 0.5) is 0 Å². The first-order valence-corrected chi connectivity index (χ1v) is 10.7. The van der Waals surface area contributed by atoms with E-state index >= 15 is 0 Å². The average Bonchev–Trinajstić information content (AvgIpc) is 2.93. The van der Waals surface area contributed by atoms with Gasteiger partial charge in [0.25, 0.3) is 0 Å². The number of hydrogen-bond acceptors (Lipinski definition) is 5. The number of rotatable bonds is 7. The van der Waals surface area contributed by atoms with Gasteiger partial charge in [-0.2, -0.15) is 0 Å². The molecule has 1 aromatic heterocycles. The zero-order chi connectivity index (χ0) is 19.2. The predicted octanol–water partition coefficient (Wildman–Crippen LogP) is 1.67. The van der Waals surface area contributed by atoms with Gasteiger partial charge in [-0.15, -0.1) is 11.3 Å². The monoisotopic (exact) mass is 395 g/mol. The Hall–Kier alpha value is -1.97. The molecule has 0 unspecified atom stereocenters. The first-order valence-electron chi connectivity index (χ1n) is 8.19. The molecule has 1 heterocycles. The Morgan fingerprint density at radius 1 is 1.19 bits per heavy atom. The lowest BCUT2D eigenvalue weighted by atomic mass is 10.1. The summed E-state index contributed by atoms with van der Waals surface area (Å²) < 4.78 is 25.7. The van der Waals surface area contributed by atoms with Crippen LogP contribution in [0.5, 0.6) is 0 Å². The molecule has 3 N–H and O–H groups in total. The Morgan fingerprint density at radius 3 is 2.50 bits per heavy atom.